The Morgan fingerprint density at radius 2 is 1.94 bits per heavy atom. The minimum Gasteiger partial charge on any atom is -0.462 e. The molecule has 2 heterocycles. The molecule has 0 spiro atoms. The molecular formula is C23H18ClN5O5. The number of aromatic nitrogens is 3. The molecule has 172 valence electrons. The van der Waals surface area contributed by atoms with Gasteiger partial charge in [0.05, 0.1) is 23.2 Å². The van der Waals surface area contributed by atoms with Gasteiger partial charge >= 0.3 is 5.97 Å². The number of nitro benzene ring substituents is 1. The number of nitrogens with zero attached hydrogens (tertiary/aromatic N) is 4. The maximum absolute atomic E-state index is 13.1. The zero-order valence-electron chi connectivity index (χ0n) is 18.1. The number of aryl methyl sites for hydroxylation is 1. The van der Waals surface area contributed by atoms with E-state index in [0.717, 1.165) is 17.0 Å². The molecule has 1 amide bonds. The van der Waals surface area contributed by atoms with Gasteiger partial charge in [-0.05, 0) is 43.7 Å². The van der Waals surface area contributed by atoms with Crippen LogP contribution in [0.5, 0.6) is 0 Å². The predicted molar refractivity (Wildman–Crippen MR) is 126 cm³/mol. The molecule has 0 saturated heterocycles. The number of carbonyl (C=O) groups excluding carboxylic acids is 2. The van der Waals surface area contributed by atoms with E-state index >= 15 is 0 Å². The number of amides is 1. The van der Waals surface area contributed by atoms with Crippen molar-refractivity contribution < 1.29 is 19.2 Å². The highest BCUT2D eigenvalue weighted by molar-refractivity contribution is 6.31. The molecule has 0 unspecified atom stereocenters. The molecule has 2 aromatic carbocycles. The fraction of sp³-hybridized carbons (Fsp3) is 0.130. The monoisotopic (exact) mass is 479 g/mol. The summed E-state index contributed by atoms with van der Waals surface area (Å²) in [6, 6.07) is 12.9. The quantitative estimate of drug-likeness (QED) is 0.240. The summed E-state index contributed by atoms with van der Waals surface area (Å²) in [5, 5.41) is 19.3. The van der Waals surface area contributed by atoms with E-state index in [4.69, 9.17) is 16.3 Å². The number of nitrogens with one attached hydrogen (secondary N) is 1. The van der Waals surface area contributed by atoms with Crippen molar-refractivity contribution in [2.24, 2.45) is 0 Å². The molecule has 34 heavy (non-hydrogen) atoms. The molecule has 2 aromatic heterocycles. The van der Waals surface area contributed by atoms with E-state index in [2.05, 4.69) is 15.4 Å². The third-order valence-corrected chi connectivity index (χ3v) is 5.26. The molecule has 0 saturated carbocycles. The molecule has 0 aliphatic heterocycles. The van der Waals surface area contributed by atoms with E-state index in [9.17, 15) is 19.7 Å². The number of benzene rings is 2. The van der Waals surface area contributed by atoms with E-state index in [0.29, 0.717) is 11.3 Å². The van der Waals surface area contributed by atoms with Gasteiger partial charge < -0.3 is 10.1 Å². The second-order valence-corrected chi connectivity index (χ2v) is 7.66. The van der Waals surface area contributed by atoms with Gasteiger partial charge in [-0.15, -0.1) is 0 Å². The lowest BCUT2D eigenvalue weighted by Gasteiger charge is -2.12. The summed E-state index contributed by atoms with van der Waals surface area (Å²) in [6.07, 6.45) is 1.25. The Morgan fingerprint density at radius 3 is 2.68 bits per heavy atom. The predicted octanol–water partition coefficient (Wildman–Crippen LogP) is 4.72. The van der Waals surface area contributed by atoms with Gasteiger partial charge in [-0.1, -0.05) is 29.8 Å². The molecule has 0 bridgehead atoms. The summed E-state index contributed by atoms with van der Waals surface area (Å²) in [5.41, 5.74) is 0.850. The molecule has 0 atom stereocenters. The fourth-order valence-corrected chi connectivity index (χ4v) is 3.63. The molecule has 0 aliphatic carbocycles. The largest absolute Gasteiger partial charge is 0.462 e. The highest BCUT2D eigenvalue weighted by Crippen LogP contribution is 2.27. The number of rotatable bonds is 6. The lowest BCUT2D eigenvalue weighted by Crippen LogP contribution is -2.19. The standard InChI is InChI=1S/C23H18ClN5O5/c1-3-34-23(31)17-12-25-28(20-10-13(2)15-6-4-5-7-18(15)26-20)21(17)27-22(30)16-9-8-14(24)11-19(16)29(32)33/h4-12H,3H2,1-2H3,(H,27,30). The summed E-state index contributed by atoms with van der Waals surface area (Å²) in [7, 11) is 0. The summed E-state index contributed by atoms with van der Waals surface area (Å²) in [4.78, 5) is 41.0. The Morgan fingerprint density at radius 1 is 1.18 bits per heavy atom. The van der Waals surface area contributed by atoms with Gasteiger partial charge in [0, 0.05) is 16.5 Å². The second kappa shape index (κ2) is 9.28. The van der Waals surface area contributed by atoms with Crippen molar-refractivity contribution >= 4 is 45.9 Å². The van der Waals surface area contributed by atoms with E-state index in [1.54, 1.807) is 13.0 Å². The smallest absolute Gasteiger partial charge is 0.343 e. The summed E-state index contributed by atoms with van der Waals surface area (Å²) < 4.78 is 6.37. The summed E-state index contributed by atoms with van der Waals surface area (Å²) >= 11 is 5.86. The number of pyridine rings is 1. The molecule has 0 aliphatic rings. The fourth-order valence-electron chi connectivity index (χ4n) is 3.46. The van der Waals surface area contributed by atoms with Crippen LogP contribution in [-0.2, 0) is 4.74 Å². The molecule has 11 heteroatoms. The number of para-hydroxylation sites is 1. The highest BCUT2D eigenvalue weighted by atomic mass is 35.5. The molecule has 0 radical (unpaired) electrons. The van der Waals surface area contributed by atoms with Crippen LogP contribution >= 0.6 is 11.6 Å². The van der Waals surface area contributed by atoms with Crippen LogP contribution in [0.1, 0.15) is 33.2 Å². The van der Waals surface area contributed by atoms with Crippen LogP contribution in [-0.4, -0.2) is 38.2 Å². The van der Waals surface area contributed by atoms with Gasteiger partial charge in [-0.3, -0.25) is 14.9 Å². The van der Waals surface area contributed by atoms with E-state index < -0.39 is 22.5 Å². The first kappa shape index (κ1) is 22.9. The topological polar surface area (TPSA) is 129 Å². The number of hydrogen-bond donors (Lipinski definition) is 1. The van der Waals surface area contributed by atoms with E-state index in [1.807, 2.05) is 31.2 Å². The van der Waals surface area contributed by atoms with Crippen molar-refractivity contribution in [3.8, 4) is 5.82 Å². The second-order valence-electron chi connectivity index (χ2n) is 7.23. The Kier molecular flexibility index (Phi) is 6.24. The van der Waals surface area contributed by atoms with Crippen molar-refractivity contribution in [1.82, 2.24) is 14.8 Å². The van der Waals surface area contributed by atoms with Crippen LogP contribution < -0.4 is 5.32 Å². The first-order chi connectivity index (χ1) is 16.3. The Hall–Kier alpha value is -4.31. The first-order valence-electron chi connectivity index (χ1n) is 10.2. The third kappa shape index (κ3) is 4.30. The molecular weight excluding hydrogens is 462 g/mol. The van der Waals surface area contributed by atoms with Crippen LogP contribution in [0, 0.1) is 17.0 Å². The number of carbonyl (C=O) groups is 2. The number of fused-ring (bicyclic) bond motifs is 1. The van der Waals surface area contributed by atoms with E-state index in [-0.39, 0.29) is 28.6 Å². The first-order valence-corrected chi connectivity index (χ1v) is 10.5. The normalized spacial score (nSPS) is 10.8. The SMILES string of the molecule is CCOC(=O)c1cnn(-c2cc(C)c3ccccc3n2)c1NC(=O)c1ccc(Cl)cc1[N+](=O)[O-]. The average Bonchev–Trinajstić information content (AvgIpc) is 3.22. The Balaban J connectivity index is 1.84. The van der Waals surface area contributed by atoms with Crippen molar-refractivity contribution in [2.75, 3.05) is 11.9 Å². The van der Waals surface area contributed by atoms with Gasteiger partial charge in [0.25, 0.3) is 11.6 Å². The van der Waals surface area contributed by atoms with Gasteiger partial charge in [0.15, 0.2) is 11.6 Å². The minimum atomic E-state index is -0.826. The number of hydrogen-bond acceptors (Lipinski definition) is 7. The highest BCUT2D eigenvalue weighted by Gasteiger charge is 2.26. The maximum atomic E-state index is 13.1. The number of ether oxygens (including phenoxy) is 1. The van der Waals surface area contributed by atoms with Crippen molar-refractivity contribution in [1.29, 1.82) is 0 Å². The van der Waals surface area contributed by atoms with Crippen molar-refractivity contribution in [2.45, 2.75) is 13.8 Å². The minimum absolute atomic E-state index is 0.0283. The number of anilines is 1. The van der Waals surface area contributed by atoms with Crippen molar-refractivity contribution in [3.05, 3.63) is 86.6 Å². The van der Waals surface area contributed by atoms with Gasteiger partial charge in [0.1, 0.15) is 11.1 Å². The number of nitro groups is 1. The Labute approximate surface area is 198 Å². The van der Waals surface area contributed by atoms with Crippen LogP contribution in [0.2, 0.25) is 5.02 Å². The van der Waals surface area contributed by atoms with E-state index in [1.165, 1.54) is 23.0 Å². The number of esters is 1. The lowest BCUT2D eigenvalue weighted by molar-refractivity contribution is -0.385. The Bertz CT molecular complexity index is 1450. The lowest BCUT2D eigenvalue weighted by atomic mass is 10.1. The molecule has 4 rings (SSSR count). The third-order valence-electron chi connectivity index (χ3n) is 5.02. The summed E-state index contributed by atoms with van der Waals surface area (Å²) in [5.74, 6) is -1.23. The van der Waals surface area contributed by atoms with Crippen LogP contribution in [0.3, 0.4) is 0 Å². The summed E-state index contributed by atoms with van der Waals surface area (Å²) in [6.45, 7) is 3.65. The zero-order valence-corrected chi connectivity index (χ0v) is 18.9. The van der Waals surface area contributed by atoms with Gasteiger partial charge in [0.2, 0.25) is 0 Å². The van der Waals surface area contributed by atoms with Crippen LogP contribution in [0.25, 0.3) is 16.7 Å². The van der Waals surface area contributed by atoms with Gasteiger partial charge in [-0.25, -0.2) is 9.78 Å². The van der Waals surface area contributed by atoms with Crippen LogP contribution in [0.15, 0.2) is 54.7 Å². The zero-order chi connectivity index (χ0) is 24.4. The van der Waals surface area contributed by atoms with Crippen LogP contribution in [0.4, 0.5) is 11.5 Å². The van der Waals surface area contributed by atoms with Crippen molar-refractivity contribution in [3.63, 3.8) is 0 Å². The molecule has 4 aromatic rings. The molecule has 0 fully saturated rings. The average molecular weight is 480 g/mol. The molecule has 1 N–H and O–H groups in total. The number of halogens is 1. The molecule has 10 nitrogen and oxygen atoms in total. The maximum Gasteiger partial charge on any atom is 0.343 e. The van der Waals surface area contributed by atoms with Gasteiger partial charge in [-0.2, -0.15) is 9.78 Å².